The summed E-state index contributed by atoms with van der Waals surface area (Å²) >= 11 is 0. The summed E-state index contributed by atoms with van der Waals surface area (Å²) in [5.41, 5.74) is 2.78. The maximum absolute atomic E-state index is 13.0. The quantitative estimate of drug-likeness (QED) is 0.654. The van der Waals surface area contributed by atoms with Gasteiger partial charge in [0.25, 0.3) is 17.7 Å². The Morgan fingerprint density at radius 3 is 2.54 bits per heavy atom. The number of furan rings is 1. The zero-order chi connectivity index (χ0) is 20.0. The first-order chi connectivity index (χ1) is 13.4. The van der Waals surface area contributed by atoms with Crippen LogP contribution in [0.3, 0.4) is 0 Å². The number of nitrogens with zero attached hydrogens (tertiary/aromatic N) is 2. The van der Waals surface area contributed by atoms with Gasteiger partial charge in [-0.2, -0.15) is 0 Å². The predicted molar refractivity (Wildman–Crippen MR) is 104 cm³/mol. The number of carbonyl (C=O) groups excluding carboxylic acids is 3. The van der Waals surface area contributed by atoms with Gasteiger partial charge in [0, 0.05) is 43.6 Å². The number of fused-ring (bicyclic) bond motifs is 2. The Morgan fingerprint density at radius 2 is 1.79 bits per heavy atom. The van der Waals surface area contributed by atoms with Crippen molar-refractivity contribution in [3.8, 4) is 0 Å². The lowest BCUT2D eigenvalue weighted by Gasteiger charge is -2.18. The van der Waals surface area contributed by atoms with E-state index in [1.807, 2.05) is 31.2 Å². The minimum atomic E-state index is -0.383. The van der Waals surface area contributed by atoms with Crippen molar-refractivity contribution in [2.75, 3.05) is 14.1 Å². The van der Waals surface area contributed by atoms with Gasteiger partial charge in [-0.15, -0.1) is 0 Å². The van der Waals surface area contributed by atoms with Gasteiger partial charge in [-0.05, 0) is 24.3 Å². The van der Waals surface area contributed by atoms with Gasteiger partial charge < -0.3 is 9.32 Å². The first-order valence-electron chi connectivity index (χ1n) is 9.13. The summed E-state index contributed by atoms with van der Waals surface area (Å²) in [6.45, 7) is 2.41. The average molecular weight is 376 g/mol. The van der Waals surface area contributed by atoms with E-state index in [2.05, 4.69) is 0 Å². The molecule has 0 saturated heterocycles. The Labute approximate surface area is 162 Å². The molecule has 6 nitrogen and oxygen atoms in total. The molecule has 2 aromatic carbocycles. The molecule has 0 atom stereocenters. The molecule has 0 saturated carbocycles. The molecule has 3 aromatic rings. The lowest BCUT2D eigenvalue weighted by atomic mass is 10.0. The molecule has 0 unspecified atom stereocenters. The summed E-state index contributed by atoms with van der Waals surface area (Å²) < 4.78 is 5.91. The van der Waals surface area contributed by atoms with Gasteiger partial charge in [0.15, 0.2) is 0 Å². The van der Waals surface area contributed by atoms with Crippen molar-refractivity contribution in [2.24, 2.45) is 0 Å². The number of amides is 3. The number of aryl methyl sites for hydroxylation is 1. The van der Waals surface area contributed by atoms with Gasteiger partial charge in [0.05, 0.1) is 11.1 Å². The Bertz CT molecular complexity index is 1130. The highest BCUT2D eigenvalue weighted by Gasteiger charge is 2.33. The van der Waals surface area contributed by atoms with E-state index in [0.717, 1.165) is 33.6 Å². The third-order valence-electron chi connectivity index (χ3n) is 5.18. The molecule has 6 heteroatoms. The van der Waals surface area contributed by atoms with Crippen LogP contribution in [0.25, 0.3) is 11.0 Å². The summed E-state index contributed by atoms with van der Waals surface area (Å²) in [6.07, 6.45) is 0.730. The fraction of sp³-hybridized carbons (Fsp3) is 0.227. The van der Waals surface area contributed by atoms with Crippen LogP contribution in [-0.2, 0) is 13.0 Å². The zero-order valence-corrected chi connectivity index (χ0v) is 16.0. The van der Waals surface area contributed by atoms with Gasteiger partial charge in [-0.3, -0.25) is 19.3 Å². The summed E-state index contributed by atoms with van der Waals surface area (Å²) in [5, 5.41) is 0.996. The Morgan fingerprint density at radius 1 is 1.07 bits per heavy atom. The van der Waals surface area contributed by atoms with Crippen molar-refractivity contribution in [2.45, 2.75) is 19.9 Å². The first-order valence-corrected chi connectivity index (χ1v) is 9.13. The fourth-order valence-corrected chi connectivity index (χ4v) is 3.63. The maximum atomic E-state index is 13.0. The molecule has 2 heterocycles. The number of imide groups is 1. The third kappa shape index (κ3) is 2.69. The van der Waals surface area contributed by atoms with E-state index in [1.165, 1.54) is 13.1 Å². The van der Waals surface area contributed by atoms with Crippen LogP contribution < -0.4 is 0 Å². The summed E-state index contributed by atoms with van der Waals surface area (Å²) in [7, 11) is 3.16. The topological polar surface area (TPSA) is 70.8 Å². The molecule has 0 spiro atoms. The van der Waals surface area contributed by atoms with Crippen LogP contribution in [0, 0.1) is 0 Å². The summed E-state index contributed by atoms with van der Waals surface area (Å²) in [4.78, 5) is 39.9. The van der Waals surface area contributed by atoms with Crippen LogP contribution in [0.1, 0.15) is 49.3 Å². The summed E-state index contributed by atoms with van der Waals surface area (Å²) in [5.74, 6) is -0.0849. The van der Waals surface area contributed by atoms with Crippen molar-refractivity contribution in [1.82, 2.24) is 9.80 Å². The van der Waals surface area contributed by atoms with E-state index < -0.39 is 0 Å². The Balaban J connectivity index is 1.64. The van der Waals surface area contributed by atoms with Crippen LogP contribution in [0.2, 0.25) is 0 Å². The molecule has 0 N–H and O–H groups in total. The number of para-hydroxylation sites is 1. The molecule has 3 amide bonds. The molecule has 1 aliphatic rings. The molecule has 0 radical (unpaired) electrons. The second-order valence-corrected chi connectivity index (χ2v) is 6.94. The van der Waals surface area contributed by atoms with E-state index in [0.29, 0.717) is 17.7 Å². The Kier molecular flexibility index (Phi) is 4.26. The van der Waals surface area contributed by atoms with Crippen LogP contribution in [0.4, 0.5) is 0 Å². The van der Waals surface area contributed by atoms with E-state index in [-0.39, 0.29) is 23.3 Å². The molecule has 4 rings (SSSR count). The fourth-order valence-electron chi connectivity index (χ4n) is 3.63. The minimum Gasteiger partial charge on any atom is -0.461 e. The van der Waals surface area contributed by atoms with Crippen molar-refractivity contribution in [3.05, 3.63) is 70.5 Å². The van der Waals surface area contributed by atoms with Crippen LogP contribution in [0.5, 0.6) is 0 Å². The average Bonchev–Trinajstić information content (AvgIpc) is 3.18. The van der Waals surface area contributed by atoms with Gasteiger partial charge in [0.2, 0.25) is 0 Å². The highest BCUT2D eigenvalue weighted by atomic mass is 16.3. The molecule has 1 aliphatic heterocycles. The van der Waals surface area contributed by atoms with E-state index >= 15 is 0 Å². The zero-order valence-electron chi connectivity index (χ0n) is 16.0. The molecule has 142 valence electrons. The lowest BCUT2D eigenvalue weighted by molar-refractivity contribution is 0.0692. The first kappa shape index (κ1) is 18.0. The Hall–Kier alpha value is -3.41. The lowest BCUT2D eigenvalue weighted by Crippen LogP contribution is -2.26. The molecule has 0 fully saturated rings. The second kappa shape index (κ2) is 6.64. The largest absolute Gasteiger partial charge is 0.461 e. The number of hydrogen-bond acceptors (Lipinski definition) is 4. The maximum Gasteiger partial charge on any atom is 0.261 e. The van der Waals surface area contributed by atoms with Crippen LogP contribution in [-0.4, -0.2) is 41.6 Å². The molecule has 0 bridgehead atoms. The highest BCUT2D eigenvalue weighted by Crippen LogP contribution is 2.28. The predicted octanol–water partition coefficient (Wildman–Crippen LogP) is 3.49. The van der Waals surface area contributed by atoms with Crippen molar-refractivity contribution >= 4 is 28.7 Å². The van der Waals surface area contributed by atoms with Crippen molar-refractivity contribution in [3.63, 3.8) is 0 Å². The van der Waals surface area contributed by atoms with Crippen molar-refractivity contribution < 1.29 is 18.8 Å². The number of rotatable bonds is 4. The van der Waals surface area contributed by atoms with Gasteiger partial charge >= 0.3 is 0 Å². The number of hydrogen-bond donors (Lipinski definition) is 0. The monoisotopic (exact) mass is 376 g/mol. The minimum absolute atomic E-state index is 0.218. The normalized spacial score (nSPS) is 13.3. The second-order valence-electron chi connectivity index (χ2n) is 6.94. The van der Waals surface area contributed by atoms with E-state index in [1.54, 1.807) is 24.1 Å². The number of benzene rings is 2. The van der Waals surface area contributed by atoms with E-state index in [4.69, 9.17) is 4.42 Å². The number of carbonyl (C=O) groups is 3. The molecular weight excluding hydrogens is 356 g/mol. The third-order valence-corrected chi connectivity index (χ3v) is 5.18. The van der Waals surface area contributed by atoms with Gasteiger partial charge in [-0.1, -0.05) is 25.1 Å². The molecule has 28 heavy (non-hydrogen) atoms. The standard InChI is InChI=1S/C22H20N2O4/c1-4-18-17(14-7-5-6-8-19(14)28-18)12-23(2)20(25)13-9-10-15-16(11-13)22(27)24(3)21(15)26/h5-11H,4,12H2,1-3H3. The summed E-state index contributed by atoms with van der Waals surface area (Å²) in [6, 6.07) is 12.4. The van der Waals surface area contributed by atoms with Crippen LogP contribution in [0.15, 0.2) is 46.9 Å². The van der Waals surface area contributed by atoms with Crippen LogP contribution >= 0.6 is 0 Å². The molecular formula is C22H20N2O4. The van der Waals surface area contributed by atoms with Crippen molar-refractivity contribution in [1.29, 1.82) is 0 Å². The highest BCUT2D eigenvalue weighted by molar-refractivity contribution is 6.21. The SMILES string of the molecule is CCc1oc2ccccc2c1CN(C)C(=O)c1ccc2c(c1)C(=O)N(C)C2=O. The smallest absolute Gasteiger partial charge is 0.261 e. The molecule has 0 aliphatic carbocycles. The molecule has 1 aromatic heterocycles. The van der Waals surface area contributed by atoms with Gasteiger partial charge in [-0.25, -0.2) is 0 Å². The van der Waals surface area contributed by atoms with Gasteiger partial charge in [0.1, 0.15) is 11.3 Å². The van der Waals surface area contributed by atoms with E-state index in [9.17, 15) is 14.4 Å².